The topological polar surface area (TPSA) is 82.6 Å². The summed E-state index contributed by atoms with van der Waals surface area (Å²) in [6.07, 6.45) is 3.31. The fourth-order valence-electron chi connectivity index (χ4n) is 4.04. The van der Waals surface area contributed by atoms with Crippen LogP contribution in [0.2, 0.25) is 0 Å². The van der Waals surface area contributed by atoms with E-state index in [-0.39, 0.29) is 5.91 Å². The molecule has 0 saturated heterocycles. The van der Waals surface area contributed by atoms with Crippen molar-refractivity contribution in [3.05, 3.63) is 64.3 Å². The molecule has 0 fully saturated rings. The van der Waals surface area contributed by atoms with E-state index in [4.69, 9.17) is 14.2 Å². The van der Waals surface area contributed by atoms with Gasteiger partial charge in [-0.05, 0) is 74.2 Å². The SMILES string of the molecule is COc1ccc(C(=O)Nc2ccc(Oc3nc(C)nc4sc5c(c34)CCC5)cc2)cc1OC. The first kappa shape index (κ1) is 21.2. The minimum absolute atomic E-state index is 0.244. The minimum atomic E-state index is -0.244. The van der Waals surface area contributed by atoms with Gasteiger partial charge >= 0.3 is 0 Å². The average molecular weight is 462 g/mol. The second-order valence-electron chi connectivity index (χ2n) is 7.76. The molecule has 2 aromatic carbocycles. The fraction of sp³-hybridized carbons (Fsp3) is 0.240. The van der Waals surface area contributed by atoms with Crippen LogP contribution in [0.25, 0.3) is 10.2 Å². The number of ether oxygens (including phenoxy) is 3. The van der Waals surface area contributed by atoms with Gasteiger partial charge in [0.2, 0.25) is 5.88 Å². The maximum absolute atomic E-state index is 12.7. The van der Waals surface area contributed by atoms with Gasteiger partial charge < -0.3 is 19.5 Å². The number of thiophene rings is 1. The van der Waals surface area contributed by atoms with E-state index in [9.17, 15) is 4.79 Å². The molecule has 8 heteroatoms. The van der Waals surface area contributed by atoms with Gasteiger partial charge in [0, 0.05) is 16.1 Å². The van der Waals surface area contributed by atoms with Crippen molar-refractivity contribution in [2.45, 2.75) is 26.2 Å². The summed E-state index contributed by atoms with van der Waals surface area (Å²) in [5, 5.41) is 3.92. The van der Waals surface area contributed by atoms with E-state index in [2.05, 4.69) is 15.3 Å². The molecule has 1 aliphatic rings. The van der Waals surface area contributed by atoms with Gasteiger partial charge in [0.1, 0.15) is 16.4 Å². The molecule has 2 heterocycles. The average Bonchev–Trinajstić information content (AvgIpc) is 3.40. The first-order valence-electron chi connectivity index (χ1n) is 10.7. The molecule has 0 unspecified atom stereocenters. The fourth-order valence-corrected chi connectivity index (χ4v) is 5.33. The number of nitrogens with one attached hydrogen (secondary N) is 1. The summed E-state index contributed by atoms with van der Waals surface area (Å²) in [6.45, 7) is 1.88. The van der Waals surface area contributed by atoms with Gasteiger partial charge in [0.15, 0.2) is 11.5 Å². The Morgan fingerprint density at radius 3 is 2.55 bits per heavy atom. The number of hydrogen-bond donors (Lipinski definition) is 1. The third-order valence-electron chi connectivity index (χ3n) is 5.62. The maximum atomic E-state index is 12.7. The number of hydrogen-bond acceptors (Lipinski definition) is 7. The highest BCUT2D eigenvalue weighted by atomic mass is 32.1. The van der Waals surface area contributed by atoms with E-state index < -0.39 is 0 Å². The molecule has 0 radical (unpaired) electrons. The Hall–Kier alpha value is -3.65. The summed E-state index contributed by atoms with van der Waals surface area (Å²) in [7, 11) is 3.09. The van der Waals surface area contributed by atoms with Crippen molar-refractivity contribution < 1.29 is 19.0 Å². The molecule has 0 saturated carbocycles. The van der Waals surface area contributed by atoms with Crippen LogP contribution in [-0.4, -0.2) is 30.1 Å². The lowest BCUT2D eigenvalue weighted by molar-refractivity contribution is 0.102. The predicted octanol–water partition coefficient (Wildman–Crippen LogP) is 5.55. The van der Waals surface area contributed by atoms with Crippen LogP contribution in [-0.2, 0) is 12.8 Å². The molecule has 5 rings (SSSR count). The summed E-state index contributed by atoms with van der Waals surface area (Å²) in [6, 6.07) is 12.3. The smallest absolute Gasteiger partial charge is 0.255 e. The molecule has 7 nitrogen and oxygen atoms in total. The lowest BCUT2D eigenvalue weighted by atomic mass is 10.2. The van der Waals surface area contributed by atoms with Crippen LogP contribution >= 0.6 is 11.3 Å². The number of carbonyl (C=O) groups excluding carboxylic acids is 1. The van der Waals surface area contributed by atoms with Gasteiger partial charge in [-0.2, -0.15) is 4.98 Å². The third-order valence-corrected chi connectivity index (χ3v) is 6.80. The van der Waals surface area contributed by atoms with Crippen LogP contribution < -0.4 is 19.5 Å². The molecule has 2 aromatic heterocycles. The first-order valence-corrected chi connectivity index (χ1v) is 11.5. The zero-order valence-corrected chi connectivity index (χ0v) is 19.4. The first-order chi connectivity index (χ1) is 16.1. The molecule has 1 amide bonds. The van der Waals surface area contributed by atoms with Gasteiger partial charge in [-0.25, -0.2) is 4.98 Å². The van der Waals surface area contributed by atoms with Crippen LogP contribution in [0.5, 0.6) is 23.1 Å². The molecular formula is C25H23N3O4S. The van der Waals surface area contributed by atoms with E-state index in [0.717, 1.165) is 23.1 Å². The van der Waals surface area contributed by atoms with Gasteiger partial charge in [-0.1, -0.05) is 0 Å². The van der Waals surface area contributed by atoms with E-state index in [1.165, 1.54) is 24.0 Å². The van der Waals surface area contributed by atoms with Crippen molar-refractivity contribution in [1.82, 2.24) is 9.97 Å². The third kappa shape index (κ3) is 4.09. The monoisotopic (exact) mass is 461 g/mol. The molecule has 0 spiro atoms. The Bertz CT molecular complexity index is 1350. The van der Waals surface area contributed by atoms with Crippen molar-refractivity contribution in [2.24, 2.45) is 0 Å². The van der Waals surface area contributed by atoms with Crippen molar-refractivity contribution in [2.75, 3.05) is 19.5 Å². The standard InChI is InChI=1S/C25H23N3O4S/c1-14-26-24(22-18-5-4-6-21(18)33-25(22)27-14)32-17-10-8-16(9-11-17)28-23(29)15-7-12-19(30-2)20(13-15)31-3/h7-13H,4-6H2,1-3H3,(H,28,29). The Kier molecular flexibility index (Phi) is 5.60. The molecule has 1 N–H and O–H groups in total. The number of methoxy groups -OCH3 is 2. The highest BCUT2D eigenvalue weighted by molar-refractivity contribution is 7.19. The minimum Gasteiger partial charge on any atom is -0.493 e. The number of aromatic nitrogens is 2. The number of benzene rings is 2. The van der Waals surface area contributed by atoms with Gasteiger partial charge in [-0.3, -0.25) is 4.79 Å². The molecule has 0 atom stereocenters. The van der Waals surface area contributed by atoms with E-state index in [0.29, 0.717) is 40.2 Å². The second kappa shape index (κ2) is 8.71. The zero-order valence-electron chi connectivity index (χ0n) is 18.6. The quantitative estimate of drug-likeness (QED) is 0.405. The van der Waals surface area contributed by atoms with Crippen LogP contribution in [0.4, 0.5) is 5.69 Å². The van der Waals surface area contributed by atoms with Gasteiger partial charge in [0.05, 0.1) is 19.6 Å². The van der Waals surface area contributed by atoms with Crippen LogP contribution in [0.3, 0.4) is 0 Å². The van der Waals surface area contributed by atoms with E-state index in [1.807, 2.05) is 19.1 Å². The summed E-state index contributed by atoms with van der Waals surface area (Å²) < 4.78 is 16.7. The Morgan fingerprint density at radius 2 is 1.79 bits per heavy atom. The van der Waals surface area contributed by atoms with Crippen molar-refractivity contribution in [3.63, 3.8) is 0 Å². The van der Waals surface area contributed by atoms with Crippen molar-refractivity contribution in [3.8, 4) is 23.1 Å². The number of fused-ring (bicyclic) bond motifs is 3. The van der Waals surface area contributed by atoms with E-state index >= 15 is 0 Å². The molecule has 0 bridgehead atoms. The molecule has 1 aliphatic carbocycles. The highest BCUT2D eigenvalue weighted by Crippen LogP contribution is 2.41. The number of rotatable bonds is 6. The van der Waals surface area contributed by atoms with Gasteiger partial charge in [0.25, 0.3) is 5.91 Å². The van der Waals surface area contributed by atoms with E-state index in [1.54, 1.807) is 48.8 Å². The summed E-state index contributed by atoms with van der Waals surface area (Å²) in [5.41, 5.74) is 2.45. The van der Waals surface area contributed by atoms with Gasteiger partial charge in [-0.15, -0.1) is 11.3 Å². The largest absolute Gasteiger partial charge is 0.493 e. The second-order valence-corrected chi connectivity index (χ2v) is 8.85. The number of anilines is 1. The highest BCUT2D eigenvalue weighted by Gasteiger charge is 2.23. The van der Waals surface area contributed by atoms with Crippen LogP contribution in [0.1, 0.15) is 33.0 Å². The maximum Gasteiger partial charge on any atom is 0.255 e. The van der Waals surface area contributed by atoms with Crippen LogP contribution in [0.15, 0.2) is 42.5 Å². The number of amides is 1. The lowest BCUT2D eigenvalue weighted by Gasteiger charge is -2.11. The normalized spacial score (nSPS) is 12.5. The Labute approximate surface area is 195 Å². The number of aryl methyl sites for hydroxylation is 3. The number of nitrogens with zero attached hydrogens (tertiary/aromatic N) is 2. The summed E-state index contributed by atoms with van der Waals surface area (Å²) >= 11 is 1.74. The number of carbonyl (C=O) groups is 1. The zero-order chi connectivity index (χ0) is 22.9. The predicted molar refractivity (Wildman–Crippen MR) is 128 cm³/mol. The molecule has 4 aromatic rings. The molecule has 0 aliphatic heterocycles. The Balaban J connectivity index is 1.34. The van der Waals surface area contributed by atoms with Crippen molar-refractivity contribution >= 4 is 33.1 Å². The van der Waals surface area contributed by atoms with Crippen molar-refractivity contribution in [1.29, 1.82) is 0 Å². The Morgan fingerprint density at radius 1 is 1.00 bits per heavy atom. The summed E-state index contributed by atoms with van der Waals surface area (Å²) in [4.78, 5) is 24.2. The molecular weight excluding hydrogens is 438 g/mol. The molecule has 33 heavy (non-hydrogen) atoms. The lowest BCUT2D eigenvalue weighted by Crippen LogP contribution is -2.12. The molecule has 168 valence electrons. The summed E-state index contributed by atoms with van der Waals surface area (Å²) in [5.74, 6) is 2.76. The van der Waals surface area contributed by atoms with Crippen LogP contribution in [0, 0.1) is 6.92 Å².